The van der Waals surface area contributed by atoms with Gasteiger partial charge in [0.05, 0.1) is 0 Å². The first-order chi connectivity index (χ1) is 5.74. The quantitative estimate of drug-likeness (QED) is 0.644. The van der Waals surface area contributed by atoms with E-state index in [4.69, 9.17) is 22.7 Å². The zero-order valence-corrected chi connectivity index (χ0v) is 8.27. The van der Waals surface area contributed by atoms with Crippen molar-refractivity contribution in [3.05, 3.63) is 0 Å². The number of rotatable bonds is 2. The molecule has 3 nitrogen and oxygen atoms in total. The van der Waals surface area contributed by atoms with Gasteiger partial charge in [0.2, 0.25) is 0 Å². The Morgan fingerprint density at radius 2 is 2.17 bits per heavy atom. The first-order valence-electron chi connectivity index (χ1n) is 4.27. The monoisotopic (exact) mass is 188 g/mol. The van der Waals surface area contributed by atoms with Crippen LogP contribution in [0.25, 0.3) is 0 Å². The number of nitrogens with zero attached hydrogens (tertiary/aromatic N) is 1. The third kappa shape index (κ3) is 2.60. The van der Waals surface area contributed by atoms with E-state index in [1.165, 1.54) is 0 Å². The van der Waals surface area contributed by atoms with E-state index in [2.05, 4.69) is 4.90 Å². The Bertz CT molecular complexity index is 155. The SMILES string of the molecule is COCC1CCN(C(N)=S)CC1. The summed E-state index contributed by atoms with van der Waals surface area (Å²) in [5.41, 5.74) is 5.51. The lowest BCUT2D eigenvalue weighted by Crippen LogP contribution is -2.42. The van der Waals surface area contributed by atoms with E-state index in [0.717, 1.165) is 32.5 Å². The van der Waals surface area contributed by atoms with Crippen LogP contribution in [-0.4, -0.2) is 36.8 Å². The summed E-state index contributed by atoms with van der Waals surface area (Å²) in [5.74, 6) is 0.695. The minimum atomic E-state index is 0.533. The van der Waals surface area contributed by atoms with Crippen LogP contribution in [0.5, 0.6) is 0 Å². The molecule has 0 aromatic carbocycles. The predicted molar refractivity (Wildman–Crippen MR) is 53.0 cm³/mol. The standard InChI is InChI=1S/C8H16N2OS/c1-11-6-7-2-4-10(5-3-7)8(9)12/h7H,2-6H2,1H3,(H2,9,12). The molecule has 1 fully saturated rings. The summed E-state index contributed by atoms with van der Waals surface area (Å²) in [7, 11) is 1.75. The van der Waals surface area contributed by atoms with Gasteiger partial charge in [-0.3, -0.25) is 0 Å². The number of methoxy groups -OCH3 is 1. The van der Waals surface area contributed by atoms with Gasteiger partial charge in [0.25, 0.3) is 0 Å². The van der Waals surface area contributed by atoms with Gasteiger partial charge in [-0.2, -0.15) is 0 Å². The number of likely N-dealkylation sites (tertiary alicyclic amines) is 1. The van der Waals surface area contributed by atoms with Gasteiger partial charge in [-0.15, -0.1) is 0 Å². The van der Waals surface area contributed by atoms with Crippen LogP contribution in [0.3, 0.4) is 0 Å². The summed E-state index contributed by atoms with van der Waals surface area (Å²) in [4.78, 5) is 2.06. The highest BCUT2D eigenvalue weighted by molar-refractivity contribution is 7.80. The van der Waals surface area contributed by atoms with Gasteiger partial charge in [-0.05, 0) is 31.0 Å². The molecule has 0 amide bonds. The second-order valence-corrected chi connectivity index (χ2v) is 3.64. The molecule has 0 saturated carbocycles. The number of ether oxygens (including phenoxy) is 1. The first-order valence-corrected chi connectivity index (χ1v) is 4.68. The Morgan fingerprint density at radius 3 is 2.58 bits per heavy atom. The molecule has 0 radical (unpaired) electrons. The molecule has 1 saturated heterocycles. The smallest absolute Gasteiger partial charge is 0.166 e. The molecule has 0 unspecified atom stereocenters. The maximum absolute atomic E-state index is 5.51. The predicted octanol–water partition coefficient (Wildman–Crippen LogP) is 0.588. The van der Waals surface area contributed by atoms with Crippen molar-refractivity contribution in [1.82, 2.24) is 4.90 Å². The maximum atomic E-state index is 5.51. The largest absolute Gasteiger partial charge is 0.384 e. The number of piperidine rings is 1. The average Bonchev–Trinajstić information content (AvgIpc) is 2.06. The van der Waals surface area contributed by atoms with Crippen LogP contribution < -0.4 is 5.73 Å². The molecule has 1 aliphatic heterocycles. The summed E-state index contributed by atoms with van der Waals surface area (Å²) in [6, 6.07) is 0. The van der Waals surface area contributed by atoms with E-state index < -0.39 is 0 Å². The van der Waals surface area contributed by atoms with Gasteiger partial charge >= 0.3 is 0 Å². The van der Waals surface area contributed by atoms with Crippen molar-refractivity contribution >= 4 is 17.3 Å². The number of hydrogen-bond donors (Lipinski definition) is 1. The Hall–Kier alpha value is -0.350. The van der Waals surface area contributed by atoms with Gasteiger partial charge in [-0.1, -0.05) is 0 Å². The maximum Gasteiger partial charge on any atom is 0.166 e. The van der Waals surface area contributed by atoms with Crippen molar-refractivity contribution in [3.63, 3.8) is 0 Å². The second-order valence-electron chi connectivity index (χ2n) is 3.22. The number of thiocarbonyl (C=S) groups is 1. The molecule has 0 atom stereocenters. The zero-order chi connectivity index (χ0) is 8.97. The molecule has 1 heterocycles. The van der Waals surface area contributed by atoms with Crippen molar-refractivity contribution in [1.29, 1.82) is 0 Å². The van der Waals surface area contributed by atoms with E-state index in [1.807, 2.05) is 0 Å². The van der Waals surface area contributed by atoms with Crippen LogP contribution >= 0.6 is 12.2 Å². The van der Waals surface area contributed by atoms with Crippen LogP contribution in [0, 0.1) is 5.92 Å². The van der Waals surface area contributed by atoms with Gasteiger partial charge in [-0.25, -0.2) is 0 Å². The first kappa shape index (κ1) is 9.74. The van der Waals surface area contributed by atoms with Crippen molar-refractivity contribution in [2.45, 2.75) is 12.8 Å². The fourth-order valence-electron chi connectivity index (χ4n) is 1.56. The Balaban J connectivity index is 2.25. The average molecular weight is 188 g/mol. The van der Waals surface area contributed by atoms with Crippen LogP contribution in [0.4, 0.5) is 0 Å². The zero-order valence-electron chi connectivity index (χ0n) is 7.45. The van der Waals surface area contributed by atoms with Crippen molar-refractivity contribution in [2.75, 3.05) is 26.8 Å². The summed E-state index contributed by atoms with van der Waals surface area (Å²) >= 11 is 4.89. The molecule has 4 heteroatoms. The third-order valence-electron chi connectivity index (χ3n) is 2.33. The second kappa shape index (κ2) is 4.62. The van der Waals surface area contributed by atoms with Crippen molar-refractivity contribution in [3.8, 4) is 0 Å². The fraction of sp³-hybridized carbons (Fsp3) is 0.875. The minimum absolute atomic E-state index is 0.533. The molecule has 0 aromatic heterocycles. The van der Waals surface area contributed by atoms with Gasteiger partial charge < -0.3 is 15.4 Å². The van der Waals surface area contributed by atoms with Crippen molar-refractivity contribution in [2.24, 2.45) is 11.7 Å². The fourth-order valence-corrected chi connectivity index (χ4v) is 1.74. The molecule has 0 aromatic rings. The minimum Gasteiger partial charge on any atom is -0.384 e. The number of nitrogens with two attached hydrogens (primary N) is 1. The molecule has 2 N–H and O–H groups in total. The lowest BCUT2D eigenvalue weighted by molar-refractivity contribution is 0.119. The lowest BCUT2D eigenvalue weighted by atomic mass is 9.98. The van der Waals surface area contributed by atoms with E-state index in [-0.39, 0.29) is 0 Å². The number of hydrogen-bond acceptors (Lipinski definition) is 2. The molecular formula is C8H16N2OS. The van der Waals surface area contributed by atoms with Gasteiger partial charge in [0.15, 0.2) is 5.11 Å². The third-order valence-corrected chi connectivity index (χ3v) is 2.59. The summed E-state index contributed by atoms with van der Waals surface area (Å²) < 4.78 is 5.09. The summed E-state index contributed by atoms with van der Waals surface area (Å²) in [6.07, 6.45) is 2.29. The molecule has 0 bridgehead atoms. The van der Waals surface area contributed by atoms with Gasteiger partial charge in [0.1, 0.15) is 0 Å². The molecule has 0 spiro atoms. The van der Waals surface area contributed by atoms with Crippen LogP contribution in [0.15, 0.2) is 0 Å². The summed E-state index contributed by atoms with van der Waals surface area (Å²) in [6.45, 7) is 2.85. The summed E-state index contributed by atoms with van der Waals surface area (Å²) in [5, 5.41) is 0.533. The van der Waals surface area contributed by atoms with E-state index >= 15 is 0 Å². The van der Waals surface area contributed by atoms with Crippen LogP contribution in [0.2, 0.25) is 0 Å². The van der Waals surface area contributed by atoms with E-state index in [1.54, 1.807) is 7.11 Å². The highest BCUT2D eigenvalue weighted by atomic mass is 32.1. The molecular weight excluding hydrogens is 172 g/mol. The molecule has 70 valence electrons. The molecule has 0 aliphatic carbocycles. The topological polar surface area (TPSA) is 38.5 Å². The van der Waals surface area contributed by atoms with Crippen LogP contribution in [-0.2, 0) is 4.74 Å². The highest BCUT2D eigenvalue weighted by Gasteiger charge is 2.18. The lowest BCUT2D eigenvalue weighted by Gasteiger charge is -2.31. The van der Waals surface area contributed by atoms with Crippen molar-refractivity contribution < 1.29 is 4.74 Å². The normalized spacial score (nSPS) is 19.6. The van der Waals surface area contributed by atoms with E-state index in [0.29, 0.717) is 11.0 Å². The van der Waals surface area contributed by atoms with E-state index in [9.17, 15) is 0 Å². The molecule has 1 aliphatic rings. The molecule has 1 rings (SSSR count). The highest BCUT2D eigenvalue weighted by Crippen LogP contribution is 2.16. The Morgan fingerprint density at radius 1 is 1.58 bits per heavy atom. The van der Waals surface area contributed by atoms with Crippen LogP contribution in [0.1, 0.15) is 12.8 Å². The Kier molecular flexibility index (Phi) is 3.75. The molecule has 12 heavy (non-hydrogen) atoms. The van der Waals surface area contributed by atoms with Gasteiger partial charge in [0, 0.05) is 26.8 Å². The Labute approximate surface area is 78.9 Å².